The summed E-state index contributed by atoms with van der Waals surface area (Å²) in [6.07, 6.45) is 25.3. The van der Waals surface area contributed by atoms with Crippen molar-refractivity contribution in [1.82, 2.24) is 0 Å². The first-order valence-electron chi connectivity index (χ1n) is 13.4. The van der Waals surface area contributed by atoms with Gasteiger partial charge in [0.2, 0.25) is 0 Å². The normalized spacial score (nSPS) is 12.3. The first-order chi connectivity index (χ1) is 14.2. The van der Waals surface area contributed by atoms with E-state index in [1.54, 1.807) is 0 Å². The lowest BCUT2D eigenvalue weighted by atomic mass is 10.0. The summed E-state index contributed by atoms with van der Waals surface area (Å²) in [5.41, 5.74) is 0. The van der Waals surface area contributed by atoms with Gasteiger partial charge in [0.1, 0.15) is 0 Å². The van der Waals surface area contributed by atoms with E-state index in [0.717, 1.165) is 6.42 Å². The van der Waals surface area contributed by atoms with Crippen LogP contribution in [0.1, 0.15) is 150 Å². The van der Waals surface area contributed by atoms with Crippen molar-refractivity contribution in [3.8, 4) is 0 Å². The van der Waals surface area contributed by atoms with Crippen molar-refractivity contribution in [2.24, 2.45) is 0 Å². The van der Waals surface area contributed by atoms with E-state index >= 15 is 0 Å². The van der Waals surface area contributed by atoms with Crippen molar-refractivity contribution in [1.29, 1.82) is 0 Å². The molecule has 0 fully saturated rings. The van der Waals surface area contributed by atoms with Crippen molar-refractivity contribution in [2.75, 3.05) is 0 Å². The fourth-order valence-electron chi connectivity index (χ4n) is 3.66. The number of hydrogen-bond donors (Lipinski definition) is 0. The van der Waals surface area contributed by atoms with E-state index in [2.05, 4.69) is 40.8 Å². The molecule has 0 radical (unpaired) electrons. The van der Waals surface area contributed by atoms with Crippen molar-refractivity contribution in [2.45, 2.75) is 168 Å². The molecule has 3 heteroatoms. The number of hydrogen-bond acceptors (Lipinski definition) is 2. The quantitative estimate of drug-likeness (QED) is 0.139. The van der Waals surface area contributed by atoms with E-state index in [0.29, 0.717) is 6.42 Å². The Morgan fingerprint density at radius 2 is 0.900 bits per heavy atom. The Kier molecular flexibility index (Phi) is 18.1. The molecule has 0 saturated heterocycles. The lowest BCUT2D eigenvalue weighted by Gasteiger charge is -2.35. The van der Waals surface area contributed by atoms with Gasteiger partial charge >= 0.3 is 0 Å². The van der Waals surface area contributed by atoms with Crippen molar-refractivity contribution in [3.05, 3.63) is 0 Å². The van der Waals surface area contributed by atoms with Gasteiger partial charge in [-0.3, -0.25) is 4.79 Å². The van der Waals surface area contributed by atoms with Crippen LogP contribution in [0.4, 0.5) is 0 Å². The molecular formula is C27H56O2Si. The van der Waals surface area contributed by atoms with Crippen LogP contribution in [-0.2, 0) is 9.22 Å². The van der Waals surface area contributed by atoms with Crippen LogP contribution < -0.4 is 0 Å². The Balaban J connectivity index is 3.31. The van der Waals surface area contributed by atoms with E-state index in [1.807, 2.05) is 0 Å². The zero-order chi connectivity index (χ0) is 22.7. The molecule has 0 spiro atoms. The lowest BCUT2D eigenvalue weighted by molar-refractivity contribution is -0.135. The molecule has 0 aromatic carbocycles. The van der Waals surface area contributed by atoms with Crippen LogP contribution >= 0.6 is 0 Å². The molecule has 0 aliphatic heterocycles. The predicted octanol–water partition coefficient (Wildman–Crippen LogP) is 9.97. The van der Waals surface area contributed by atoms with Gasteiger partial charge in [0, 0.05) is 6.42 Å². The third-order valence-electron chi connectivity index (χ3n) is 6.91. The molecule has 0 heterocycles. The minimum atomic E-state index is -1.93. The summed E-state index contributed by atoms with van der Waals surface area (Å²) in [5, 5.41) is 0.108. The van der Waals surface area contributed by atoms with Gasteiger partial charge in [0.15, 0.2) is 0 Å². The largest absolute Gasteiger partial charge is 0.519 e. The maximum absolute atomic E-state index is 12.1. The monoisotopic (exact) mass is 440 g/mol. The summed E-state index contributed by atoms with van der Waals surface area (Å²) in [6, 6.07) is 0. The molecule has 0 bridgehead atoms. The maximum atomic E-state index is 12.1. The average Bonchev–Trinajstić information content (AvgIpc) is 2.65. The summed E-state index contributed by atoms with van der Waals surface area (Å²) < 4.78 is 5.84. The second-order valence-electron chi connectivity index (χ2n) is 11.0. The van der Waals surface area contributed by atoms with Gasteiger partial charge in [-0.15, -0.1) is 0 Å². The molecule has 180 valence electrons. The fourth-order valence-corrected chi connectivity index (χ4v) is 4.64. The van der Waals surface area contributed by atoms with Crippen molar-refractivity contribution in [3.63, 3.8) is 0 Å². The topological polar surface area (TPSA) is 26.3 Å². The molecule has 2 nitrogen and oxygen atoms in total. The third-order valence-corrected chi connectivity index (χ3v) is 11.3. The van der Waals surface area contributed by atoms with Gasteiger partial charge in [0.25, 0.3) is 14.3 Å². The molecule has 0 amide bonds. The van der Waals surface area contributed by atoms with E-state index in [1.165, 1.54) is 109 Å². The number of carbonyl (C=O) groups is 1. The smallest absolute Gasteiger partial charge is 0.292 e. The lowest BCUT2D eigenvalue weighted by Crippen LogP contribution is -2.42. The van der Waals surface area contributed by atoms with Gasteiger partial charge in [-0.05, 0) is 24.6 Å². The van der Waals surface area contributed by atoms with Crippen LogP contribution in [0.2, 0.25) is 18.1 Å². The van der Waals surface area contributed by atoms with E-state index in [-0.39, 0.29) is 11.0 Å². The van der Waals surface area contributed by atoms with Crippen LogP contribution in [0.15, 0.2) is 0 Å². The number of carbonyl (C=O) groups excluding carboxylic acids is 1. The SMILES string of the molecule is CCCCCCCCCCCCCCCCCCCCC(=O)O[Si](C)(C)C(C)(C)C. The summed E-state index contributed by atoms with van der Waals surface area (Å²) in [7, 11) is -1.93. The van der Waals surface area contributed by atoms with E-state index < -0.39 is 8.32 Å². The Morgan fingerprint density at radius 3 is 1.20 bits per heavy atom. The van der Waals surface area contributed by atoms with Crippen LogP contribution in [0.25, 0.3) is 0 Å². The summed E-state index contributed by atoms with van der Waals surface area (Å²) >= 11 is 0. The first-order valence-corrected chi connectivity index (χ1v) is 16.3. The molecular weight excluding hydrogens is 384 g/mol. The highest BCUT2D eigenvalue weighted by Crippen LogP contribution is 2.36. The highest BCUT2D eigenvalue weighted by Gasteiger charge is 2.40. The van der Waals surface area contributed by atoms with Gasteiger partial charge in [-0.1, -0.05) is 137 Å². The third kappa shape index (κ3) is 17.4. The molecule has 0 aromatic heterocycles. The summed E-state index contributed by atoms with van der Waals surface area (Å²) in [4.78, 5) is 12.1. The van der Waals surface area contributed by atoms with E-state index in [9.17, 15) is 4.79 Å². The first kappa shape index (κ1) is 29.7. The molecule has 0 aliphatic carbocycles. The summed E-state index contributed by atoms with van der Waals surface area (Å²) in [6.45, 7) is 13.1. The van der Waals surface area contributed by atoms with Crippen molar-refractivity contribution < 1.29 is 9.22 Å². The van der Waals surface area contributed by atoms with Gasteiger partial charge in [0.05, 0.1) is 0 Å². The van der Waals surface area contributed by atoms with Gasteiger partial charge in [-0.25, -0.2) is 0 Å². The van der Waals surface area contributed by atoms with E-state index in [4.69, 9.17) is 4.43 Å². The Bertz CT molecular complexity index is 398. The van der Waals surface area contributed by atoms with Crippen LogP contribution in [0.5, 0.6) is 0 Å². The predicted molar refractivity (Wildman–Crippen MR) is 137 cm³/mol. The second-order valence-corrected chi connectivity index (χ2v) is 15.7. The zero-order valence-corrected chi connectivity index (χ0v) is 22.8. The molecule has 0 unspecified atom stereocenters. The van der Waals surface area contributed by atoms with Crippen LogP contribution in [0, 0.1) is 0 Å². The minimum Gasteiger partial charge on any atom is -0.519 e. The van der Waals surface area contributed by atoms with Crippen LogP contribution in [-0.4, -0.2) is 14.3 Å². The molecule has 0 atom stereocenters. The maximum Gasteiger partial charge on any atom is 0.292 e. The molecule has 0 aromatic rings. The van der Waals surface area contributed by atoms with Gasteiger partial charge < -0.3 is 4.43 Å². The van der Waals surface area contributed by atoms with Gasteiger partial charge in [-0.2, -0.15) is 0 Å². The molecule has 0 rings (SSSR count). The fraction of sp³-hybridized carbons (Fsp3) is 0.963. The highest BCUT2D eigenvalue weighted by atomic mass is 28.4. The molecule has 0 aliphatic rings. The minimum absolute atomic E-state index is 0.0260. The molecule has 30 heavy (non-hydrogen) atoms. The van der Waals surface area contributed by atoms with Crippen LogP contribution in [0.3, 0.4) is 0 Å². The Hall–Kier alpha value is -0.313. The number of rotatable bonds is 20. The standard InChI is InChI=1S/C27H56O2Si/c1-7-8-9-10-11-12-13-14-15-16-17-18-19-20-21-22-23-24-25-26(28)29-30(5,6)27(2,3)4/h7-25H2,1-6H3. The van der Waals surface area contributed by atoms with Crippen molar-refractivity contribution >= 4 is 14.3 Å². The highest BCUT2D eigenvalue weighted by molar-refractivity contribution is 6.75. The number of unbranched alkanes of at least 4 members (excludes halogenated alkanes) is 17. The Morgan fingerprint density at radius 1 is 0.600 bits per heavy atom. The zero-order valence-electron chi connectivity index (χ0n) is 21.8. The second kappa shape index (κ2) is 18.3. The average molecular weight is 441 g/mol. The molecule has 0 N–H and O–H groups in total. The summed E-state index contributed by atoms with van der Waals surface area (Å²) in [5.74, 6) is 0.0260. The Labute approximate surface area is 191 Å². The molecule has 0 saturated carbocycles.